The van der Waals surface area contributed by atoms with Crippen LogP contribution in [-0.4, -0.2) is 7.11 Å². The highest BCUT2D eigenvalue weighted by atomic mass is 127. The van der Waals surface area contributed by atoms with E-state index >= 15 is 0 Å². The molecule has 0 saturated heterocycles. The predicted octanol–water partition coefficient (Wildman–Crippen LogP) is 4.61. The predicted molar refractivity (Wildman–Crippen MR) is 84.1 cm³/mol. The van der Waals surface area contributed by atoms with Crippen molar-refractivity contribution in [2.45, 2.75) is 13.0 Å². The Bertz CT molecular complexity index is 557. The van der Waals surface area contributed by atoms with Crippen LogP contribution < -0.4 is 10.1 Å². The van der Waals surface area contributed by atoms with Crippen molar-refractivity contribution in [2.24, 2.45) is 0 Å². The zero-order valence-electron chi connectivity index (χ0n) is 10.8. The number of methoxy groups -OCH3 is 1. The van der Waals surface area contributed by atoms with Crippen LogP contribution in [0.3, 0.4) is 0 Å². The molecule has 0 fully saturated rings. The van der Waals surface area contributed by atoms with Crippen LogP contribution in [0.15, 0.2) is 42.5 Å². The lowest BCUT2D eigenvalue weighted by molar-refractivity contribution is 0.410. The van der Waals surface area contributed by atoms with E-state index in [1.54, 1.807) is 12.1 Å². The second kappa shape index (κ2) is 6.23. The molecule has 2 rings (SSSR count). The first-order valence-electron chi connectivity index (χ1n) is 5.95. The van der Waals surface area contributed by atoms with E-state index in [1.807, 2.05) is 31.2 Å². The number of nitrogens with one attached hydrogen (secondary N) is 1. The molecule has 0 heterocycles. The smallest absolute Gasteiger partial charge is 0.132 e. The van der Waals surface area contributed by atoms with Gasteiger partial charge in [-0.25, -0.2) is 4.39 Å². The van der Waals surface area contributed by atoms with Crippen LogP contribution in [0, 0.1) is 9.39 Å². The largest absolute Gasteiger partial charge is 0.497 e. The van der Waals surface area contributed by atoms with Crippen LogP contribution >= 0.6 is 22.6 Å². The molecule has 0 aliphatic carbocycles. The molecule has 19 heavy (non-hydrogen) atoms. The standard InChI is InChI=1S/C15H15FINO/c1-10(18-12-5-3-11(17)4-6-12)14-8-7-13(19-2)9-15(14)16/h3-10,18H,1-2H3. The van der Waals surface area contributed by atoms with Gasteiger partial charge in [0.2, 0.25) is 0 Å². The Hall–Kier alpha value is -1.30. The average molecular weight is 371 g/mol. The van der Waals surface area contributed by atoms with E-state index < -0.39 is 0 Å². The number of hydrogen-bond acceptors (Lipinski definition) is 2. The summed E-state index contributed by atoms with van der Waals surface area (Å²) in [5.41, 5.74) is 1.60. The van der Waals surface area contributed by atoms with Gasteiger partial charge in [0.15, 0.2) is 0 Å². The minimum absolute atomic E-state index is 0.106. The van der Waals surface area contributed by atoms with Gasteiger partial charge in [-0.2, -0.15) is 0 Å². The molecule has 0 amide bonds. The summed E-state index contributed by atoms with van der Waals surface area (Å²) < 4.78 is 20.1. The van der Waals surface area contributed by atoms with Crippen molar-refractivity contribution in [3.63, 3.8) is 0 Å². The van der Waals surface area contributed by atoms with Crippen molar-refractivity contribution in [3.05, 3.63) is 57.4 Å². The maximum Gasteiger partial charge on any atom is 0.132 e. The molecule has 1 N–H and O–H groups in total. The van der Waals surface area contributed by atoms with Gasteiger partial charge < -0.3 is 10.1 Å². The van der Waals surface area contributed by atoms with E-state index in [2.05, 4.69) is 27.9 Å². The molecule has 4 heteroatoms. The quantitative estimate of drug-likeness (QED) is 0.793. The van der Waals surface area contributed by atoms with E-state index in [9.17, 15) is 4.39 Å². The van der Waals surface area contributed by atoms with E-state index in [4.69, 9.17) is 4.74 Å². The van der Waals surface area contributed by atoms with Gasteiger partial charge in [0.25, 0.3) is 0 Å². The number of ether oxygens (including phenoxy) is 1. The van der Waals surface area contributed by atoms with Crippen molar-refractivity contribution in [1.29, 1.82) is 0 Å². The summed E-state index contributed by atoms with van der Waals surface area (Å²) in [6.07, 6.45) is 0. The van der Waals surface area contributed by atoms with Crippen molar-refractivity contribution >= 4 is 28.3 Å². The Balaban J connectivity index is 2.15. The Labute approximate surface area is 126 Å². The van der Waals surface area contributed by atoms with Crippen LogP contribution in [0.1, 0.15) is 18.5 Å². The molecule has 0 aliphatic rings. The fraction of sp³-hybridized carbons (Fsp3) is 0.200. The summed E-state index contributed by atoms with van der Waals surface area (Å²) in [6, 6.07) is 12.8. The monoisotopic (exact) mass is 371 g/mol. The van der Waals surface area contributed by atoms with E-state index in [1.165, 1.54) is 16.7 Å². The molecule has 0 radical (unpaired) electrons. The molecular weight excluding hydrogens is 356 g/mol. The molecule has 2 nitrogen and oxygen atoms in total. The summed E-state index contributed by atoms with van der Waals surface area (Å²) in [5, 5.41) is 3.28. The normalized spacial score (nSPS) is 12.0. The average Bonchev–Trinajstić information content (AvgIpc) is 2.41. The molecule has 2 aromatic carbocycles. The Kier molecular flexibility index (Phi) is 4.63. The Morgan fingerprint density at radius 2 is 1.84 bits per heavy atom. The van der Waals surface area contributed by atoms with E-state index in [-0.39, 0.29) is 11.9 Å². The van der Waals surface area contributed by atoms with Gasteiger partial charge in [-0.05, 0) is 59.8 Å². The fourth-order valence-corrected chi connectivity index (χ4v) is 2.22. The lowest BCUT2D eigenvalue weighted by atomic mass is 10.1. The second-order valence-electron chi connectivity index (χ2n) is 4.26. The highest BCUT2D eigenvalue weighted by molar-refractivity contribution is 14.1. The number of halogens is 2. The summed E-state index contributed by atoms with van der Waals surface area (Å²) in [6.45, 7) is 1.93. The van der Waals surface area contributed by atoms with Gasteiger partial charge >= 0.3 is 0 Å². The SMILES string of the molecule is COc1ccc(C(C)Nc2ccc(I)cc2)c(F)c1. The van der Waals surface area contributed by atoms with Crippen LogP contribution in [-0.2, 0) is 0 Å². The van der Waals surface area contributed by atoms with E-state index in [0.717, 1.165) is 5.69 Å². The minimum atomic E-state index is -0.259. The summed E-state index contributed by atoms with van der Waals surface area (Å²) in [4.78, 5) is 0. The molecule has 2 aromatic rings. The maximum atomic E-state index is 13.9. The Morgan fingerprint density at radius 3 is 2.42 bits per heavy atom. The zero-order valence-corrected chi connectivity index (χ0v) is 12.9. The summed E-state index contributed by atoms with van der Waals surface area (Å²) in [7, 11) is 1.53. The molecule has 1 atom stereocenters. The van der Waals surface area contributed by atoms with Gasteiger partial charge in [0.05, 0.1) is 13.2 Å². The van der Waals surface area contributed by atoms with Gasteiger partial charge in [-0.15, -0.1) is 0 Å². The minimum Gasteiger partial charge on any atom is -0.497 e. The second-order valence-corrected chi connectivity index (χ2v) is 5.51. The molecular formula is C15H15FINO. The highest BCUT2D eigenvalue weighted by Crippen LogP contribution is 2.25. The van der Waals surface area contributed by atoms with Crippen LogP contribution in [0.2, 0.25) is 0 Å². The summed E-state index contributed by atoms with van der Waals surface area (Å²) >= 11 is 2.25. The number of benzene rings is 2. The first kappa shape index (κ1) is 14.1. The van der Waals surface area contributed by atoms with Crippen molar-refractivity contribution in [3.8, 4) is 5.75 Å². The van der Waals surface area contributed by atoms with Gasteiger partial charge in [0, 0.05) is 20.9 Å². The van der Waals surface area contributed by atoms with Gasteiger partial charge in [0.1, 0.15) is 11.6 Å². The van der Waals surface area contributed by atoms with Crippen LogP contribution in [0.5, 0.6) is 5.75 Å². The fourth-order valence-electron chi connectivity index (χ4n) is 1.86. The molecule has 0 aromatic heterocycles. The van der Waals surface area contributed by atoms with E-state index in [0.29, 0.717) is 11.3 Å². The maximum absolute atomic E-state index is 13.9. The molecule has 100 valence electrons. The first-order valence-corrected chi connectivity index (χ1v) is 7.03. The third-order valence-electron chi connectivity index (χ3n) is 2.90. The molecule has 0 aliphatic heterocycles. The third-order valence-corrected chi connectivity index (χ3v) is 3.62. The van der Waals surface area contributed by atoms with Gasteiger partial charge in [-0.3, -0.25) is 0 Å². The van der Waals surface area contributed by atoms with Crippen LogP contribution in [0.25, 0.3) is 0 Å². The first-order chi connectivity index (χ1) is 9.10. The molecule has 1 unspecified atom stereocenters. The molecule has 0 bridgehead atoms. The highest BCUT2D eigenvalue weighted by Gasteiger charge is 2.11. The number of hydrogen-bond donors (Lipinski definition) is 1. The van der Waals surface area contributed by atoms with Crippen molar-refractivity contribution in [2.75, 3.05) is 12.4 Å². The van der Waals surface area contributed by atoms with Crippen LogP contribution in [0.4, 0.5) is 10.1 Å². The topological polar surface area (TPSA) is 21.3 Å². The lowest BCUT2D eigenvalue weighted by Crippen LogP contribution is -2.08. The number of anilines is 1. The summed E-state index contributed by atoms with van der Waals surface area (Å²) in [5.74, 6) is 0.271. The lowest BCUT2D eigenvalue weighted by Gasteiger charge is -2.17. The Morgan fingerprint density at radius 1 is 1.16 bits per heavy atom. The molecule has 0 spiro atoms. The number of rotatable bonds is 4. The third kappa shape index (κ3) is 3.59. The molecule has 0 saturated carbocycles. The van der Waals surface area contributed by atoms with Gasteiger partial charge in [-0.1, -0.05) is 6.07 Å². The zero-order chi connectivity index (χ0) is 13.8. The van der Waals surface area contributed by atoms with Crippen molar-refractivity contribution in [1.82, 2.24) is 0 Å². The van der Waals surface area contributed by atoms with Crippen molar-refractivity contribution < 1.29 is 9.13 Å².